The molecule has 1 heteroatoms. The minimum atomic E-state index is 0.963. The monoisotopic (exact) mass is 242 g/mol. The summed E-state index contributed by atoms with van der Waals surface area (Å²) in [5.74, 6) is 9.25. The van der Waals surface area contributed by atoms with E-state index in [1.165, 1.54) is 0 Å². The van der Waals surface area contributed by atoms with Crippen LogP contribution in [0.15, 0.2) is 28.7 Å². The summed E-state index contributed by atoms with van der Waals surface area (Å²) in [5.41, 5.74) is 2.23. The van der Waals surface area contributed by atoms with Gasteiger partial charge in [-0.05, 0) is 24.3 Å². The molecular weight excluding hydrogens is 224 g/mol. The van der Waals surface area contributed by atoms with Gasteiger partial charge in [-0.25, -0.2) is 0 Å². The molecule has 17 heavy (non-hydrogen) atoms. The maximum atomic E-state index is 5.57. The van der Waals surface area contributed by atoms with Crippen molar-refractivity contribution in [1.29, 1.82) is 0 Å². The largest absolute Gasteiger partial charge is 0.135 e. The highest BCUT2D eigenvalue weighted by atomic mass is 32.1. The first-order valence-corrected chi connectivity index (χ1v) is 6.93. The third-order valence-corrected chi connectivity index (χ3v) is 3.18. The van der Waals surface area contributed by atoms with Gasteiger partial charge >= 0.3 is 0 Å². The van der Waals surface area contributed by atoms with Crippen molar-refractivity contribution in [1.82, 2.24) is 0 Å². The fourth-order valence-electron chi connectivity index (χ4n) is 1.59. The molecule has 0 radical (unpaired) electrons. The van der Waals surface area contributed by atoms with Crippen LogP contribution in [0.25, 0.3) is 0 Å². The topological polar surface area (TPSA) is 0 Å². The molecule has 0 unspecified atom stereocenters. The zero-order valence-corrected chi connectivity index (χ0v) is 11.4. The summed E-state index contributed by atoms with van der Waals surface area (Å²) in [5, 5.41) is 2.04. The standard InChI is InChI=1S/C16H18S/c1-4-8-14(6-3)15(9-5-2)11-12-16-10-7-13-17-16/h3,7,10,13H,4-5,8-9H2,1-2H3. The fraction of sp³-hybridized carbons (Fsp3) is 0.375. The third-order valence-electron chi connectivity index (χ3n) is 2.40. The summed E-state index contributed by atoms with van der Waals surface area (Å²) in [7, 11) is 0. The van der Waals surface area contributed by atoms with Crippen molar-refractivity contribution in [3.8, 4) is 24.2 Å². The van der Waals surface area contributed by atoms with Crippen molar-refractivity contribution < 1.29 is 0 Å². The first kappa shape index (κ1) is 13.6. The lowest BCUT2D eigenvalue weighted by atomic mass is 10.0. The lowest BCUT2D eigenvalue weighted by Gasteiger charge is -2.02. The molecule has 0 saturated heterocycles. The van der Waals surface area contributed by atoms with Crippen molar-refractivity contribution in [2.75, 3.05) is 0 Å². The van der Waals surface area contributed by atoms with Crippen molar-refractivity contribution >= 4 is 11.3 Å². The molecule has 1 heterocycles. The maximum Gasteiger partial charge on any atom is 0.0772 e. The molecule has 0 aromatic carbocycles. The number of allylic oxidation sites excluding steroid dienone is 2. The van der Waals surface area contributed by atoms with E-state index in [9.17, 15) is 0 Å². The zero-order valence-electron chi connectivity index (χ0n) is 10.5. The highest BCUT2D eigenvalue weighted by molar-refractivity contribution is 7.10. The summed E-state index contributed by atoms with van der Waals surface area (Å²) in [6.45, 7) is 4.31. The summed E-state index contributed by atoms with van der Waals surface area (Å²) < 4.78 is 0. The number of thiophene rings is 1. The van der Waals surface area contributed by atoms with E-state index in [1.54, 1.807) is 11.3 Å². The quantitative estimate of drug-likeness (QED) is 0.675. The van der Waals surface area contributed by atoms with Gasteiger partial charge < -0.3 is 0 Å². The van der Waals surface area contributed by atoms with E-state index in [0.29, 0.717) is 0 Å². The van der Waals surface area contributed by atoms with Gasteiger partial charge in [-0.1, -0.05) is 50.5 Å². The second-order valence-corrected chi connectivity index (χ2v) is 4.78. The van der Waals surface area contributed by atoms with Gasteiger partial charge in [-0.2, -0.15) is 0 Å². The summed E-state index contributed by atoms with van der Waals surface area (Å²) in [4.78, 5) is 1.10. The lowest BCUT2D eigenvalue weighted by Crippen LogP contribution is -1.88. The fourth-order valence-corrected chi connectivity index (χ4v) is 2.16. The Morgan fingerprint density at radius 1 is 1.24 bits per heavy atom. The molecule has 88 valence electrons. The first-order chi connectivity index (χ1) is 8.31. The summed E-state index contributed by atoms with van der Waals surface area (Å²) in [6, 6.07) is 4.06. The van der Waals surface area contributed by atoms with E-state index >= 15 is 0 Å². The molecule has 0 amide bonds. The van der Waals surface area contributed by atoms with E-state index in [2.05, 4.69) is 31.6 Å². The minimum absolute atomic E-state index is 0.963. The van der Waals surface area contributed by atoms with Crippen LogP contribution in [0, 0.1) is 24.2 Å². The molecule has 0 nitrogen and oxygen atoms in total. The van der Waals surface area contributed by atoms with Gasteiger partial charge in [0.05, 0.1) is 4.88 Å². The van der Waals surface area contributed by atoms with Crippen LogP contribution in [0.2, 0.25) is 0 Å². The summed E-state index contributed by atoms with van der Waals surface area (Å²) in [6.07, 6.45) is 9.68. The molecule has 1 aromatic rings. The second-order valence-electron chi connectivity index (χ2n) is 3.83. The molecule has 0 spiro atoms. The Morgan fingerprint density at radius 3 is 2.47 bits per heavy atom. The Kier molecular flexibility index (Phi) is 6.23. The highest BCUT2D eigenvalue weighted by Crippen LogP contribution is 2.15. The average Bonchev–Trinajstić information content (AvgIpc) is 2.85. The molecule has 0 N–H and O–H groups in total. The molecule has 1 rings (SSSR count). The average molecular weight is 242 g/mol. The van der Waals surface area contributed by atoms with Gasteiger partial charge in [-0.15, -0.1) is 17.8 Å². The molecule has 0 atom stereocenters. The van der Waals surface area contributed by atoms with Crippen molar-refractivity contribution in [3.05, 3.63) is 33.5 Å². The smallest absolute Gasteiger partial charge is 0.0772 e. The van der Waals surface area contributed by atoms with Crippen LogP contribution in [0.4, 0.5) is 0 Å². The second kappa shape index (κ2) is 7.77. The normalized spacial score (nSPS) is 11.1. The molecule has 0 aliphatic carbocycles. The van der Waals surface area contributed by atoms with Crippen LogP contribution in [0.3, 0.4) is 0 Å². The number of hydrogen-bond donors (Lipinski definition) is 0. The molecule has 0 bridgehead atoms. The molecule has 0 saturated carbocycles. The van der Waals surface area contributed by atoms with Gasteiger partial charge in [0.15, 0.2) is 0 Å². The zero-order chi connectivity index (χ0) is 12.5. The SMILES string of the molecule is C#CC(CCC)=C(C#Cc1cccs1)CCC. The Morgan fingerprint density at radius 2 is 1.94 bits per heavy atom. The van der Waals surface area contributed by atoms with Crippen molar-refractivity contribution in [2.45, 2.75) is 39.5 Å². The third kappa shape index (κ3) is 4.51. The molecule has 0 fully saturated rings. The van der Waals surface area contributed by atoms with Gasteiger partial charge in [0, 0.05) is 11.1 Å². The molecule has 0 aliphatic heterocycles. The van der Waals surface area contributed by atoms with Gasteiger partial charge in [0.2, 0.25) is 0 Å². The van der Waals surface area contributed by atoms with Crippen LogP contribution < -0.4 is 0 Å². The van der Waals surface area contributed by atoms with E-state index in [-0.39, 0.29) is 0 Å². The van der Waals surface area contributed by atoms with Crippen LogP contribution in [0.1, 0.15) is 44.4 Å². The maximum absolute atomic E-state index is 5.57. The van der Waals surface area contributed by atoms with Crippen LogP contribution in [-0.4, -0.2) is 0 Å². The van der Waals surface area contributed by atoms with E-state index in [4.69, 9.17) is 6.42 Å². The Bertz CT molecular complexity index is 458. The van der Waals surface area contributed by atoms with Crippen LogP contribution >= 0.6 is 11.3 Å². The number of terminal acetylenes is 1. The molecular formula is C16H18S. The van der Waals surface area contributed by atoms with Gasteiger partial charge in [0.25, 0.3) is 0 Å². The van der Waals surface area contributed by atoms with Crippen LogP contribution in [0.5, 0.6) is 0 Å². The highest BCUT2D eigenvalue weighted by Gasteiger charge is 2.00. The van der Waals surface area contributed by atoms with E-state index < -0.39 is 0 Å². The van der Waals surface area contributed by atoms with Gasteiger partial charge in [0.1, 0.15) is 0 Å². The minimum Gasteiger partial charge on any atom is -0.135 e. The Balaban J connectivity index is 2.96. The Hall–Kier alpha value is -1.44. The molecule has 1 aromatic heterocycles. The first-order valence-electron chi connectivity index (χ1n) is 6.06. The number of rotatable bonds is 4. The lowest BCUT2D eigenvalue weighted by molar-refractivity contribution is 0.880. The van der Waals surface area contributed by atoms with Crippen molar-refractivity contribution in [3.63, 3.8) is 0 Å². The number of hydrogen-bond acceptors (Lipinski definition) is 1. The predicted octanol–water partition coefficient (Wildman–Crippen LogP) is 4.63. The molecule has 0 aliphatic rings. The van der Waals surface area contributed by atoms with Gasteiger partial charge in [-0.3, -0.25) is 0 Å². The van der Waals surface area contributed by atoms with Crippen LogP contribution in [-0.2, 0) is 0 Å². The predicted molar refractivity (Wildman–Crippen MR) is 76.9 cm³/mol. The van der Waals surface area contributed by atoms with Crippen molar-refractivity contribution in [2.24, 2.45) is 0 Å². The van der Waals surface area contributed by atoms with E-state index in [1.807, 2.05) is 17.5 Å². The summed E-state index contributed by atoms with van der Waals surface area (Å²) >= 11 is 1.67. The van der Waals surface area contributed by atoms with E-state index in [0.717, 1.165) is 41.7 Å². The Labute approximate surface area is 109 Å².